The van der Waals surface area contributed by atoms with Crippen molar-refractivity contribution in [2.24, 2.45) is 0 Å². The van der Waals surface area contributed by atoms with Crippen LogP contribution in [-0.2, 0) is 22.6 Å². The van der Waals surface area contributed by atoms with E-state index >= 15 is 0 Å². The molecule has 162 valence electrons. The molecule has 3 aromatic rings. The molecule has 0 aliphatic rings. The van der Waals surface area contributed by atoms with Gasteiger partial charge in [-0.15, -0.1) is 0 Å². The Balaban J connectivity index is 1.81. The Hall–Kier alpha value is -2.56. The fourth-order valence-corrected chi connectivity index (χ4v) is 4.10. The van der Waals surface area contributed by atoms with Gasteiger partial charge in [-0.2, -0.15) is 0 Å². The maximum Gasteiger partial charge on any atom is 0.242 e. The average molecular weight is 457 g/mol. The number of nitrogens with one attached hydrogen (secondary N) is 1. The minimum Gasteiger partial charge on any atom is -0.355 e. The van der Waals surface area contributed by atoms with Crippen LogP contribution in [0.5, 0.6) is 0 Å². The number of likely N-dealkylation sites (N-methyl/N-ethyl adjacent to an activating group) is 1. The molecular weight excluding hydrogens is 431 g/mol. The van der Waals surface area contributed by atoms with Gasteiger partial charge in [0.05, 0.1) is 0 Å². The number of hydrogen-bond donors (Lipinski definition) is 1. The highest BCUT2D eigenvalue weighted by atomic mass is 35.5. The maximum absolute atomic E-state index is 13.3. The second-order valence-electron chi connectivity index (χ2n) is 7.47. The Bertz CT molecular complexity index is 1080. The van der Waals surface area contributed by atoms with Crippen molar-refractivity contribution in [2.45, 2.75) is 39.3 Å². The van der Waals surface area contributed by atoms with Crippen molar-refractivity contribution in [3.05, 3.63) is 81.8 Å². The molecule has 31 heavy (non-hydrogen) atoms. The van der Waals surface area contributed by atoms with Gasteiger partial charge in [-0.25, -0.2) is 0 Å². The van der Waals surface area contributed by atoms with Gasteiger partial charge in [0.15, 0.2) is 0 Å². The number of nitrogens with zero attached hydrogens (tertiary/aromatic N) is 1. The van der Waals surface area contributed by atoms with Gasteiger partial charge < -0.3 is 10.2 Å². The molecule has 0 bridgehead atoms. The standard InChI is InChI=1S/C25H26Cl2N2O2/c1-3-28-25(31)17(2)29(16-20-11-13-21(26)15-23(20)27)24(30)14-12-19-9-6-8-18-7-4-5-10-22(18)19/h4-11,13,15,17H,3,12,14,16H2,1-2H3,(H,28,31)/t17-/m1/s1. The van der Waals surface area contributed by atoms with Crippen molar-refractivity contribution in [3.63, 3.8) is 0 Å². The molecule has 1 N–H and O–H groups in total. The molecule has 0 unspecified atom stereocenters. The smallest absolute Gasteiger partial charge is 0.242 e. The number of carbonyl (C=O) groups excluding carboxylic acids is 2. The van der Waals surface area contributed by atoms with Crippen molar-refractivity contribution in [1.29, 1.82) is 0 Å². The molecular formula is C25H26Cl2N2O2. The predicted molar refractivity (Wildman–Crippen MR) is 127 cm³/mol. The summed E-state index contributed by atoms with van der Waals surface area (Å²) in [6.07, 6.45) is 0.885. The summed E-state index contributed by atoms with van der Waals surface area (Å²) in [6.45, 7) is 4.34. The Labute approximate surface area is 193 Å². The summed E-state index contributed by atoms with van der Waals surface area (Å²) in [6, 6.07) is 18.8. The molecule has 0 spiro atoms. The van der Waals surface area contributed by atoms with E-state index in [-0.39, 0.29) is 18.4 Å². The van der Waals surface area contributed by atoms with Gasteiger partial charge in [-0.1, -0.05) is 71.7 Å². The van der Waals surface area contributed by atoms with Crippen LogP contribution in [0, 0.1) is 0 Å². The van der Waals surface area contributed by atoms with Crippen molar-refractivity contribution in [1.82, 2.24) is 10.2 Å². The van der Waals surface area contributed by atoms with Gasteiger partial charge in [0.25, 0.3) is 0 Å². The second kappa shape index (κ2) is 10.7. The summed E-state index contributed by atoms with van der Waals surface area (Å²) >= 11 is 12.3. The molecule has 0 aliphatic carbocycles. The number of aryl methyl sites for hydroxylation is 1. The highest BCUT2D eigenvalue weighted by Crippen LogP contribution is 2.24. The van der Waals surface area contributed by atoms with Crippen molar-refractivity contribution in [3.8, 4) is 0 Å². The average Bonchev–Trinajstić information content (AvgIpc) is 2.76. The molecule has 0 saturated heterocycles. The van der Waals surface area contributed by atoms with Gasteiger partial charge >= 0.3 is 0 Å². The molecule has 0 aromatic heterocycles. The van der Waals surface area contributed by atoms with E-state index in [0.29, 0.717) is 29.4 Å². The summed E-state index contributed by atoms with van der Waals surface area (Å²) in [7, 11) is 0. The third-order valence-corrected chi connectivity index (χ3v) is 5.95. The van der Waals surface area contributed by atoms with Gasteiger partial charge in [-0.3, -0.25) is 9.59 Å². The Morgan fingerprint density at radius 2 is 1.74 bits per heavy atom. The summed E-state index contributed by atoms with van der Waals surface area (Å²) in [5.41, 5.74) is 1.86. The van der Waals surface area contributed by atoms with E-state index in [2.05, 4.69) is 23.5 Å². The van der Waals surface area contributed by atoms with Crippen molar-refractivity contribution >= 4 is 45.8 Å². The minimum absolute atomic E-state index is 0.0993. The maximum atomic E-state index is 13.3. The third kappa shape index (κ3) is 5.78. The van der Waals surface area contributed by atoms with Crippen LogP contribution >= 0.6 is 23.2 Å². The van der Waals surface area contributed by atoms with Crippen LogP contribution in [0.4, 0.5) is 0 Å². The Morgan fingerprint density at radius 3 is 2.48 bits per heavy atom. The van der Waals surface area contributed by atoms with E-state index in [0.717, 1.165) is 21.9 Å². The van der Waals surface area contributed by atoms with E-state index in [1.807, 2.05) is 31.2 Å². The lowest BCUT2D eigenvalue weighted by Gasteiger charge is -2.29. The zero-order valence-corrected chi connectivity index (χ0v) is 19.2. The van der Waals surface area contributed by atoms with E-state index in [9.17, 15) is 9.59 Å². The first-order chi connectivity index (χ1) is 14.9. The highest BCUT2D eigenvalue weighted by Gasteiger charge is 2.26. The molecule has 0 radical (unpaired) electrons. The number of fused-ring (bicyclic) bond motifs is 1. The first kappa shape index (κ1) is 23.1. The zero-order chi connectivity index (χ0) is 22.4. The predicted octanol–water partition coefficient (Wildman–Crippen LogP) is 5.63. The molecule has 3 aromatic carbocycles. The number of amides is 2. The van der Waals surface area contributed by atoms with Crippen LogP contribution in [0.3, 0.4) is 0 Å². The SMILES string of the molecule is CCNC(=O)[C@@H](C)N(Cc1ccc(Cl)cc1Cl)C(=O)CCc1cccc2ccccc12. The normalized spacial score (nSPS) is 11.9. The largest absolute Gasteiger partial charge is 0.355 e. The molecule has 0 saturated carbocycles. The molecule has 3 rings (SSSR count). The lowest BCUT2D eigenvalue weighted by atomic mass is 10.0. The molecule has 4 nitrogen and oxygen atoms in total. The van der Waals surface area contributed by atoms with Crippen molar-refractivity contribution in [2.75, 3.05) is 6.54 Å². The number of halogens is 2. The van der Waals surface area contributed by atoms with Crippen LogP contribution in [0.15, 0.2) is 60.7 Å². The molecule has 0 fully saturated rings. The van der Waals surface area contributed by atoms with Gasteiger partial charge in [0.1, 0.15) is 6.04 Å². The topological polar surface area (TPSA) is 49.4 Å². The van der Waals surface area contributed by atoms with Crippen LogP contribution in [-0.4, -0.2) is 29.3 Å². The lowest BCUT2D eigenvalue weighted by molar-refractivity contribution is -0.140. The zero-order valence-electron chi connectivity index (χ0n) is 17.7. The first-order valence-electron chi connectivity index (χ1n) is 10.4. The molecule has 1 atom stereocenters. The van der Waals surface area contributed by atoms with Crippen LogP contribution in [0.25, 0.3) is 10.8 Å². The monoisotopic (exact) mass is 456 g/mol. The molecule has 0 aliphatic heterocycles. The highest BCUT2D eigenvalue weighted by molar-refractivity contribution is 6.35. The molecule has 0 heterocycles. The number of carbonyl (C=O) groups is 2. The van der Waals surface area contributed by atoms with Crippen LogP contribution in [0.2, 0.25) is 10.0 Å². The Kier molecular flexibility index (Phi) is 7.94. The fraction of sp³-hybridized carbons (Fsp3) is 0.280. The van der Waals surface area contributed by atoms with Gasteiger partial charge in [0.2, 0.25) is 11.8 Å². The third-order valence-electron chi connectivity index (χ3n) is 5.36. The number of benzene rings is 3. The summed E-state index contributed by atoms with van der Waals surface area (Å²) < 4.78 is 0. The van der Waals surface area contributed by atoms with Crippen LogP contribution < -0.4 is 5.32 Å². The van der Waals surface area contributed by atoms with E-state index < -0.39 is 6.04 Å². The van der Waals surface area contributed by atoms with E-state index in [1.165, 1.54) is 0 Å². The van der Waals surface area contributed by atoms with E-state index in [1.54, 1.807) is 30.0 Å². The summed E-state index contributed by atoms with van der Waals surface area (Å²) in [4.78, 5) is 27.4. The fourth-order valence-electron chi connectivity index (χ4n) is 3.63. The van der Waals surface area contributed by atoms with Crippen molar-refractivity contribution < 1.29 is 9.59 Å². The first-order valence-corrected chi connectivity index (χ1v) is 11.1. The quantitative estimate of drug-likeness (QED) is 0.477. The van der Waals surface area contributed by atoms with Crippen LogP contribution in [0.1, 0.15) is 31.4 Å². The molecule has 2 amide bonds. The summed E-state index contributed by atoms with van der Waals surface area (Å²) in [5, 5.41) is 6.09. The van der Waals surface area contributed by atoms with E-state index in [4.69, 9.17) is 23.2 Å². The number of hydrogen-bond acceptors (Lipinski definition) is 2. The Morgan fingerprint density at radius 1 is 1.00 bits per heavy atom. The molecule has 6 heteroatoms. The second-order valence-corrected chi connectivity index (χ2v) is 8.31. The lowest BCUT2D eigenvalue weighted by Crippen LogP contribution is -2.47. The minimum atomic E-state index is -0.619. The van der Waals surface area contributed by atoms with Gasteiger partial charge in [0, 0.05) is 29.6 Å². The van der Waals surface area contributed by atoms with Gasteiger partial charge in [-0.05, 0) is 54.3 Å². The number of rotatable bonds is 8. The summed E-state index contributed by atoms with van der Waals surface area (Å²) in [5.74, 6) is -0.288.